The minimum Gasteiger partial charge on any atom is -0.325 e. The van der Waals surface area contributed by atoms with E-state index in [1.807, 2.05) is 50.2 Å². The molecule has 0 heterocycles. The van der Waals surface area contributed by atoms with E-state index in [0.29, 0.717) is 5.69 Å². The summed E-state index contributed by atoms with van der Waals surface area (Å²) < 4.78 is 28.7. The van der Waals surface area contributed by atoms with Crippen LogP contribution >= 0.6 is 15.9 Å². The predicted molar refractivity (Wildman–Crippen MR) is 123 cm³/mol. The van der Waals surface area contributed by atoms with Crippen LogP contribution in [0.4, 0.5) is 5.69 Å². The van der Waals surface area contributed by atoms with E-state index in [2.05, 4.69) is 21.2 Å². The van der Waals surface area contributed by atoms with Gasteiger partial charge in [-0.05, 0) is 55.8 Å². The number of rotatable bonds is 7. The third kappa shape index (κ3) is 5.78. The van der Waals surface area contributed by atoms with Gasteiger partial charge in [-0.1, -0.05) is 63.5 Å². The number of carbonyl (C=O) groups excluding carboxylic acids is 1. The average molecular weight is 487 g/mol. The molecular formula is C23H23BrN2O3S. The molecule has 30 heavy (non-hydrogen) atoms. The topological polar surface area (TPSA) is 66.5 Å². The van der Waals surface area contributed by atoms with E-state index in [9.17, 15) is 13.2 Å². The van der Waals surface area contributed by atoms with Crippen molar-refractivity contribution in [2.45, 2.75) is 25.3 Å². The number of hydrogen-bond donors (Lipinski definition) is 1. The number of aryl methyl sites for hydroxylation is 2. The van der Waals surface area contributed by atoms with Gasteiger partial charge in [0, 0.05) is 16.7 Å². The molecule has 0 radical (unpaired) electrons. The van der Waals surface area contributed by atoms with E-state index in [0.717, 1.165) is 21.2 Å². The zero-order chi connectivity index (χ0) is 21.7. The van der Waals surface area contributed by atoms with Crippen molar-refractivity contribution in [2.75, 3.05) is 11.9 Å². The SMILES string of the molecule is Cc1ccc(CN(CC(=O)Nc2ccc(Br)cc2)S(=O)(=O)c2ccc(C)cc2)cc1. The lowest BCUT2D eigenvalue weighted by molar-refractivity contribution is -0.116. The summed E-state index contributed by atoms with van der Waals surface area (Å²) in [6, 6.07) is 21.4. The summed E-state index contributed by atoms with van der Waals surface area (Å²) >= 11 is 3.35. The summed E-state index contributed by atoms with van der Waals surface area (Å²) in [5.41, 5.74) is 3.46. The van der Waals surface area contributed by atoms with Gasteiger partial charge in [0.25, 0.3) is 0 Å². The molecule has 0 atom stereocenters. The van der Waals surface area contributed by atoms with Crippen LogP contribution in [-0.4, -0.2) is 25.2 Å². The fourth-order valence-electron chi connectivity index (χ4n) is 2.88. The molecule has 156 valence electrons. The molecule has 0 aromatic heterocycles. The monoisotopic (exact) mass is 486 g/mol. The largest absolute Gasteiger partial charge is 0.325 e. The third-order valence-electron chi connectivity index (χ3n) is 4.59. The third-order valence-corrected chi connectivity index (χ3v) is 6.92. The summed E-state index contributed by atoms with van der Waals surface area (Å²) in [7, 11) is -3.86. The lowest BCUT2D eigenvalue weighted by atomic mass is 10.1. The predicted octanol–water partition coefficient (Wildman–Crippen LogP) is 4.90. The Morgan fingerprint density at radius 2 is 1.40 bits per heavy atom. The van der Waals surface area contributed by atoms with Crippen molar-refractivity contribution in [3.8, 4) is 0 Å². The van der Waals surface area contributed by atoms with E-state index < -0.39 is 15.9 Å². The molecule has 0 bridgehead atoms. The zero-order valence-electron chi connectivity index (χ0n) is 16.8. The average Bonchev–Trinajstić information content (AvgIpc) is 2.71. The van der Waals surface area contributed by atoms with E-state index in [-0.39, 0.29) is 18.0 Å². The van der Waals surface area contributed by atoms with Gasteiger partial charge in [-0.2, -0.15) is 4.31 Å². The maximum absolute atomic E-state index is 13.3. The van der Waals surface area contributed by atoms with Gasteiger partial charge in [-0.3, -0.25) is 4.79 Å². The molecule has 1 N–H and O–H groups in total. The second-order valence-corrected chi connectivity index (χ2v) is 9.98. The molecule has 0 saturated heterocycles. The summed E-state index contributed by atoms with van der Waals surface area (Å²) in [6.07, 6.45) is 0. The van der Waals surface area contributed by atoms with Gasteiger partial charge < -0.3 is 5.32 Å². The quantitative estimate of drug-likeness (QED) is 0.516. The molecule has 0 fully saturated rings. The van der Waals surface area contributed by atoms with Crippen LogP contribution in [0, 0.1) is 13.8 Å². The standard InChI is InChI=1S/C23H23BrN2O3S/c1-17-3-7-19(8-4-17)15-26(30(28,29)22-13-5-18(2)6-14-22)16-23(27)25-21-11-9-20(24)10-12-21/h3-14H,15-16H2,1-2H3,(H,25,27). The Balaban J connectivity index is 1.86. The second kappa shape index (κ2) is 9.55. The first-order chi connectivity index (χ1) is 14.2. The molecule has 1 amide bonds. The number of nitrogens with zero attached hydrogens (tertiary/aromatic N) is 1. The Morgan fingerprint density at radius 3 is 1.97 bits per heavy atom. The molecular weight excluding hydrogens is 464 g/mol. The van der Waals surface area contributed by atoms with Crippen molar-refractivity contribution < 1.29 is 13.2 Å². The Hall–Kier alpha value is -2.48. The lowest BCUT2D eigenvalue weighted by Gasteiger charge is -2.22. The van der Waals surface area contributed by atoms with E-state index in [1.165, 1.54) is 4.31 Å². The van der Waals surface area contributed by atoms with Gasteiger partial charge in [0.1, 0.15) is 0 Å². The van der Waals surface area contributed by atoms with Gasteiger partial charge >= 0.3 is 0 Å². The number of hydrogen-bond acceptors (Lipinski definition) is 3. The first-order valence-corrected chi connectivity index (χ1v) is 11.6. The fourth-order valence-corrected chi connectivity index (χ4v) is 4.52. The molecule has 3 aromatic rings. The minimum atomic E-state index is -3.86. The summed E-state index contributed by atoms with van der Waals surface area (Å²) in [5.74, 6) is -0.403. The number of halogens is 1. The highest BCUT2D eigenvalue weighted by Gasteiger charge is 2.27. The van der Waals surface area contributed by atoms with Crippen molar-refractivity contribution in [1.29, 1.82) is 0 Å². The Morgan fingerprint density at radius 1 is 0.867 bits per heavy atom. The molecule has 3 aromatic carbocycles. The van der Waals surface area contributed by atoms with Gasteiger partial charge in [-0.25, -0.2) is 8.42 Å². The zero-order valence-corrected chi connectivity index (χ0v) is 19.2. The Bertz CT molecular complexity index is 1110. The summed E-state index contributed by atoms with van der Waals surface area (Å²) in [4.78, 5) is 12.8. The molecule has 0 spiro atoms. The highest BCUT2D eigenvalue weighted by Crippen LogP contribution is 2.20. The van der Waals surface area contributed by atoms with Crippen molar-refractivity contribution in [3.05, 3.63) is 94.0 Å². The van der Waals surface area contributed by atoms with E-state index in [4.69, 9.17) is 0 Å². The van der Waals surface area contributed by atoms with Gasteiger partial charge in [0.05, 0.1) is 11.4 Å². The normalized spacial score (nSPS) is 11.5. The second-order valence-electron chi connectivity index (χ2n) is 7.13. The first kappa shape index (κ1) is 22.2. The molecule has 5 nitrogen and oxygen atoms in total. The Labute approximate surface area is 185 Å². The first-order valence-electron chi connectivity index (χ1n) is 9.42. The lowest BCUT2D eigenvalue weighted by Crippen LogP contribution is -2.37. The van der Waals surface area contributed by atoms with E-state index in [1.54, 1.807) is 36.4 Å². The fraction of sp³-hybridized carbons (Fsp3) is 0.174. The van der Waals surface area contributed by atoms with Crippen LogP contribution in [0.2, 0.25) is 0 Å². The molecule has 3 rings (SSSR count). The highest BCUT2D eigenvalue weighted by atomic mass is 79.9. The van der Waals surface area contributed by atoms with Crippen molar-refractivity contribution in [2.24, 2.45) is 0 Å². The van der Waals surface area contributed by atoms with Crippen molar-refractivity contribution in [1.82, 2.24) is 4.31 Å². The minimum absolute atomic E-state index is 0.101. The molecule has 7 heteroatoms. The van der Waals surface area contributed by atoms with Crippen LogP contribution < -0.4 is 5.32 Å². The van der Waals surface area contributed by atoms with Crippen LogP contribution in [0.25, 0.3) is 0 Å². The maximum atomic E-state index is 13.3. The Kier molecular flexibility index (Phi) is 7.07. The number of sulfonamides is 1. The number of nitrogens with one attached hydrogen (secondary N) is 1. The summed E-state index contributed by atoms with van der Waals surface area (Å²) in [6.45, 7) is 3.67. The number of amides is 1. The van der Waals surface area contributed by atoms with Crippen molar-refractivity contribution in [3.63, 3.8) is 0 Å². The molecule has 0 aliphatic heterocycles. The number of carbonyl (C=O) groups is 1. The van der Waals surface area contributed by atoms with Crippen LogP contribution in [0.5, 0.6) is 0 Å². The van der Waals surface area contributed by atoms with E-state index >= 15 is 0 Å². The molecule has 0 aliphatic carbocycles. The number of benzene rings is 3. The van der Waals surface area contributed by atoms with Gasteiger partial charge in [0.2, 0.25) is 15.9 Å². The highest BCUT2D eigenvalue weighted by molar-refractivity contribution is 9.10. The maximum Gasteiger partial charge on any atom is 0.243 e. The van der Waals surface area contributed by atoms with Gasteiger partial charge in [0.15, 0.2) is 0 Å². The molecule has 0 unspecified atom stereocenters. The summed E-state index contributed by atoms with van der Waals surface area (Å²) in [5, 5.41) is 2.76. The van der Waals surface area contributed by atoms with Gasteiger partial charge in [-0.15, -0.1) is 0 Å². The molecule has 0 saturated carbocycles. The smallest absolute Gasteiger partial charge is 0.243 e. The number of anilines is 1. The van der Waals surface area contributed by atoms with Crippen molar-refractivity contribution >= 4 is 37.5 Å². The van der Waals surface area contributed by atoms with Crippen LogP contribution in [0.1, 0.15) is 16.7 Å². The molecule has 0 aliphatic rings. The van der Waals surface area contributed by atoms with Crippen LogP contribution in [0.3, 0.4) is 0 Å². The van der Waals surface area contributed by atoms with Crippen LogP contribution in [-0.2, 0) is 21.4 Å². The van der Waals surface area contributed by atoms with Crippen LogP contribution in [0.15, 0.2) is 82.2 Å².